The van der Waals surface area contributed by atoms with Crippen LogP contribution in [0.25, 0.3) is 0 Å². The lowest BCUT2D eigenvalue weighted by Gasteiger charge is -2.18. The van der Waals surface area contributed by atoms with Crippen molar-refractivity contribution >= 4 is 23.2 Å². The molecule has 1 aromatic rings. The lowest BCUT2D eigenvalue weighted by atomic mass is 10.2. The summed E-state index contributed by atoms with van der Waals surface area (Å²) in [5.41, 5.74) is 5.88. The molecule has 0 aliphatic rings. The second kappa shape index (κ2) is 5.00. The Labute approximate surface area is 93.6 Å². The molecule has 0 spiro atoms. The Bertz CT molecular complexity index is 368. The van der Waals surface area contributed by atoms with E-state index in [2.05, 4.69) is 0 Å². The number of amides is 1. The van der Waals surface area contributed by atoms with E-state index in [0.717, 1.165) is 0 Å². The van der Waals surface area contributed by atoms with E-state index >= 15 is 0 Å². The molecule has 0 aliphatic carbocycles. The molecule has 0 radical (unpaired) electrons. The molecule has 0 heterocycles. The van der Waals surface area contributed by atoms with Crippen LogP contribution in [0.5, 0.6) is 5.75 Å². The minimum atomic E-state index is -0.193. The van der Waals surface area contributed by atoms with Crippen molar-refractivity contribution in [1.82, 2.24) is 0 Å². The van der Waals surface area contributed by atoms with E-state index in [1.807, 2.05) is 0 Å². The van der Waals surface area contributed by atoms with Gasteiger partial charge in [-0.2, -0.15) is 0 Å². The van der Waals surface area contributed by atoms with Crippen LogP contribution in [0, 0.1) is 0 Å². The van der Waals surface area contributed by atoms with Crippen molar-refractivity contribution in [2.75, 3.05) is 25.6 Å². The van der Waals surface area contributed by atoms with E-state index in [-0.39, 0.29) is 12.5 Å². The van der Waals surface area contributed by atoms with Crippen molar-refractivity contribution in [3.05, 3.63) is 23.2 Å². The van der Waals surface area contributed by atoms with E-state index in [4.69, 9.17) is 22.1 Å². The van der Waals surface area contributed by atoms with E-state index in [1.54, 1.807) is 32.4 Å². The number of likely N-dealkylation sites (N-methyl/N-ethyl adjacent to an activating group) is 1. The first kappa shape index (κ1) is 11.8. The first-order chi connectivity index (χ1) is 7.10. The van der Waals surface area contributed by atoms with Gasteiger partial charge in [0.25, 0.3) is 0 Å². The normalized spacial score (nSPS) is 9.87. The van der Waals surface area contributed by atoms with Gasteiger partial charge in [-0.05, 0) is 12.1 Å². The molecule has 1 rings (SSSR count). The summed E-state index contributed by atoms with van der Waals surface area (Å²) >= 11 is 5.99. The molecule has 0 saturated carbocycles. The van der Waals surface area contributed by atoms with E-state index in [0.29, 0.717) is 16.5 Å². The van der Waals surface area contributed by atoms with Gasteiger partial charge in [0.1, 0.15) is 5.75 Å². The number of nitrogens with two attached hydrogens (primary N) is 1. The number of halogens is 1. The van der Waals surface area contributed by atoms with Gasteiger partial charge < -0.3 is 15.4 Å². The van der Waals surface area contributed by atoms with Crippen LogP contribution >= 0.6 is 11.6 Å². The van der Waals surface area contributed by atoms with Crippen molar-refractivity contribution < 1.29 is 9.53 Å². The monoisotopic (exact) mass is 228 g/mol. The fraction of sp³-hybridized carbons (Fsp3) is 0.300. The molecule has 15 heavy (non-hydrogen) atoms. The molecular formula is C10H13ClN2O2. The fourth-order valence-corrected chi connectivity index (χ4v) is 1.46. The number of hydrogen-bond donors (Lipinski definition) is 1. The average molecular weight is 229 g/mol. The standard InChI is InChI=1S/C10H13ClN2O2/c1-13(10(14)6-12)9-4-3-7(15-2)5-8(9)11/h3-5H,6,12H2,1-2H3. The molecule has 1 amide bonds. The van der Waals surface area contributed by atoms with Gasteiger partial charge in [0.05, 0.1) is 24.4 Å². The second-order valence-electron chi connectivity index (χ2n) is 2.97. The number of rotatable bonds is 3. The summed E-state index contributed by atoms with van der Waals surface area (Å²) in [6.07, 6.45) is 0. The Morgan fingerprint density at radius 2 is 2.27 bits per heavy atom. The van der Waals surface area contributed by atoms with Gasteiger partial charge in [0, 0.05) is 13.1 Å². The first-order valence-corrected chi connectivity index (χ1v) is 4.78. The van der Waals surface area contributed by atoms with Gasteiger partial charge in [0.15, 0.2) is 0 Å². The van der Waals surface area contributed by atoms with Crippen LogP contribution in [0.15, 0.2) is 18.2 Å². The fourth-order valence-electron chi connectivity index (χ4n) is 1.16. The van der Waals surface area contributed by atoms with Crippen molar-refractivity contribution in [3.8, 4) is 5.75 Å². The summed E-state index contributed by atoms with van der Waals surface area (Å²) in [6, 6.07) is 5.10. The SMILES string of the molecule is COc1ccc(N(C)C(=O)CN)c(Cl)c1. The van der Waals surface area contributed by atoms with Crippen molar-refractivity contribution in [3.63, 3.8) is 0 Å². The van der Waals surface area contributed by atoms with Crippen LogP contribution in [-0.2, 0) is 4.79 Å². The highest BCUT2D eigenvalue weighted by Gasteiger charge is 2.12. The Hall–Kier alpha value is -1.26. The number of anilines is 1. The van der Waals surface area contributed by atoms with E-state index in [1.165, 1.54) is 4.90 Å². The maximum Gasteiger partial charge on any atom is 0.240 e. The van der Waals surface area contributed by atoms with Gasteiger partial charge >= 0.3 is 0 Å². The van der Waals surface area contributed by atoms with Gasteiger partial charge in [-0.25, -0.2) is 0 Å². The minimum absolute atomic E-state index is 0.0428. The van der Waals surface area contributed by atoms with E-state index < -0.39 is 0 Å². The van der Waals surface area contributed by atoms with Crippen molar-refractivity contribution in [2.45, 2.75) is 0 Å². The van der Waals surface area contributed by atoms with E-state index in [9.17, 15) is 4.79 Å². The third-order valence-electron chi connectivity index (χ3n) is 2.06. The third-order valence-corrected chi connectivity index (χ3v) is 2.37. The van der Waals surface area contributed by atoms with Gasteiger partial charge in [-0.15, -0.1) is 0 Å². The van der Waals surface area contributed by atoms with Crippen LogP contribution in [-0.4, -0.2) is 26.6 Å². The minimum Gasteiger partial charge on any atom is -0.497 e. The molecule has 0 unspecified atom stereocenters. The zero-order valence-corrected chi connectivity index (χ0v) is 9.41. The number of carbonyl (C=O) groups excluding carboxylic acids is 1. The number of methoxy groups -OCH3 is 1. The van der Waals surface area contributed by atoms with Gasteiger partial charge in [-0.3, -0.25) is 4.79 Å². The Kier molecular flexibility index (Phi) is 3.94. The lowest BCUT2D eigenvalue weighted by molar-refractivity contribution is -0.117. The zero-order valence-electron chi connectivity index (χ0n) is 8.66. The smallest absolute Gasteiger partial charge is 0.240 e. The summed E-state index contributed by atoms with van der Waals surface area (Å²) in [6.45, 7) is -0.0428. The van der Waals surface area contributed by atoms with Crippen LogP contribution in [0.3, 0.4) is 0 Å². The number of nitrogens with zero attached hydrogens (tertiary/aromatic N) is 1. The number of benzene rings is 1. The molecular weight excluding hydrogens is 216 g/mol. The second-order valence-corrected chi connectivity index (χ2v) is 3.38. The molecule has 0 aliphatic heterocycles. The van der Waals surface area contributed by atoms with Crippen molar-refractivity contribution in [1.29, 1.82) is 0 Å². The molecule has 5 heteroatoms. The molecule has 1 aromatic carbocycles. The quantitative estimate of drug-likeness (QED) is 0.848. The number of hydrogen-bond acceptors (Lipinski definition) is 3. The Morgan fingerprint density at radius 3 is 2.73 bits per heavy atom. The summed E-state index contributed by atoms with van der Waals surface area (Å²) in [4.78, 5) is 12.7. The Balaban J connectivity index is 3.00. The lowest BCUT2D eigenvalue weighted by Crippen LogP contribution is -2.32. The number of carbonyl (C=O) groups is 1. The maximum absolute atomic E-state index is 11.3. The molecule has 82 valence electrons. The summed E-state index contributed by atoms with van der Waals surface area (Å²) < 4.78 is 5.00. The average Bonchev–Trinajstić information content (AvgIpc) is 2.26. The highest BCUT2D eigenvalue weighted by molar-refractivity contribution is 6.34. The van der Waals surface area contributed by atoms with Gasteiger partial charge in [-0.1, -0.05) is 11.6 Å². The molecule has 4 nitrogen and oxygen atoms in total. The van der Waals surface area contributed by atoms with Crippen LogP contribution < -0.4 is 15.4 Å². The molecule has 2 N–H and O–H groups in total. The molecule has 0 aromatic heterocycles. The van der Waals surface area contributed by atoms with Gasteiger partial charge in [0.2, 0.25) is 5.91 Å². The molecule has 0 bridgehead atoms. The van der Waals surface area contributed by atoms with Crippen LogP contribution in [0.1, 0.15) is 0 Å². The summed E-state index contributed by atoms with van der Waals surface area (Å²) in [5, 5.41) is 0.457. The third kappa shape index (κ3) is 2.61. The highest BCUT2D eigenvalue weighted by Crippen LogP contribution is 2.28. The number of ether oxygens (including phenoxy) is 1. The Morgan fingerprint density at radius 1 is 1.60 bits per heavy atom. The highest BCUT2D eigenvalue weighted by atomic mass is 35.5. The predicted octanol–water partition coefficient (Wildman–Crippen LogP) is 1.27. The maximum atomic E-state index is 11.3. The zero-order chi connectivity index (χ0) is 11.4. The summed E-state index contributed by atoms with van der Waals surface area (Å²) in [7, 11) is 3.18. The van der Waals surface area contributed by atoms with Crippen molar-refractivity contribution in [2.24, 2.45) is 5.73 Å². The largest absolute Gasteiger partial charge is 0.497 e. The van der Waals surface area contributed by atoms with Crippen LogP contribution in [0.4, 0.5) is 5.69 Å². The predicted molar refractivity (Wildman–Crippen MR) is 60.5 cm³/mol. The first-order valence-electron chi connectivity index (χ1n) is 4.40. The summed E-state index contributed by atoms with van der Waals surface area (Å²) in [5.74, 6) is 0.458. The van der Waals surface area contributed by atoms with Crippen LogP contribution in [0.2, 0.25) is 5.02 Å². The topological polar surface area (TPSA) is 55.6 Å². The molecule has 0 saturated heterocycles. The molecule has 0 fully saturated rings. The molecule has 0 atom stereocenters.